The molecule has 2 rings (SSSR count). The Bertz CT molecular complexity index is 442. The fraction of sp³-hybridized carbons (Fsp3) is 0.750. The minimum absolute atomic E-state index is 0.227. The van der Waals surface area contributed by atoms with Crippen LogP contribution in [0, 0.1) is 12.3 Å². The largest absolute Gasteiger partial charge is 0.480 e. The van der Waals surface area contributed by atoms with Gasteiger partial charge in [0.25, 0.3) is 0 Å². The van der Waals surface area contributed by atoms with Crippen LogP contribution < -0.4 is 0 Å². The van der Waals surface area contributed by atoms with Crippen molar-refractivity contribution < 1.29 is 14.5 Å². The molecule has 0 amide bonds. The molecule has 1 aliphatic heterocycles. The molecule has 1 fully saturated rings. The van der Waals surface area contributed by atoms with Crippen molar-refractivity contribution in [3.63, 3.8) is 0 Å². The minimum atomic E-state index is -0.770. The lowest BCUT2D eigenvalue weighted by Crippen LogP contribution is -2.53. The summed E-state index contributed by atoms with van der Waals surface area (Å²) >= 11 is 0. The van der Waals surface area contributed by atoms with Crippen molar-refractivity contribution in [2.75, 3.05) is 6.54 Å². The molecule has 1 N–H and O–H groups in total. The lowest BCUT2D eigenvalue weighted by Gasteiger charge is -2.43. The van der Waals surface area contributed by atoms with E-state index in [0.717, 1.165) is 30.8 Å². The molecule has 0 aromatic carbocycles. The van der Waals surface area contributed by atoms with Crippen LogP contribution in [-0.2, 0) is 11.3 Å². The third kappa shape index (κ3) is 2.38. The highest BCUT2D eigenvalue weighted by atomic mass is 16.6. The Labute approximate surface area is 106 Å². The summed E-state index contributed by atoms with van der Waals surface area (Å²) in [4.78, 5) is 13.4. The number of carboxylic acid groups (broad SMARTS) is 1. The van der Waals surface area contributed by atoms with E-state index < -0.39 is 12.0 Å². The van der Waals surface area contributed by atoms with E-state index in [4.69, 9.17) is 0 Å². The third-order valence-electron chi connectivity index (χ3n) is 3.70. The molecule has 2 heterocycles. The number of carboxylic acids is 1. The van der Waals surface area contributed by atoms with Gasteiger partial charge in [0, 0.05) is 6.54 Å². The van der Waals surface area contributed by atoms with Crippen LogP contribution in [0.25, 0.3) is 0 Å². The summed E-state index contributed by atoms with van der Waals surface area (Å²) in [6.45, 7) is 7.08. The van der Waals surface area contributed by atoms with Crippen molar-refractivity contribution in [3.8, 4) is 0 Å². The summed E-state index contributed by atoms with van der Waals surface area (Å²) < 4.78 is 4.66. The molecule has 1 aromatic heterocycles. The van der Waals surface area contributed by atoms with Crippen molar-refractivity contribution in [2.24, 2.45) is 5.41 Å². The fourth-order valence-electron chi connectivity index (χ4n) is 2.74. The Kier molecular flexibility index (Phi) is 3.38. The predicted molar refractivity (Wildman–Crippen MR) is 63.9 cm³/mol. The Morgan fingerprint density at radius 3 is 2.83 bits per heavy atom. The Morgan fingerprint density at radius 1 is 1.56 bits per heavy atom. The van der Waals surface area contributed by atoms with Gasteiger partial charge in [-0.05, 0) is 31.7 Å². The van der Waals surface area contributed by atoms with Crippen LogP contribution in [0.15, 0.2) is 4.63 Å². The molecular weight excluding hydrogens is 234 g/mol. The van der Waals surface area contributed by atoms with Crippen molar-refractivity contribution in [1.82, 2.24) is 15.2 Å². The average molecular weight is 253 g/mol. The van der Waals surface area contributed by atoms with E-state index >= 15 is 0 Å². The Hall–Kier alpha value is -1.43. The van der Waals surface area contributed by atoms with Gasteiger partial charge in [-0.15, -0.1) is 0 Å². The zero-order valence-corrected chi connectivity index (χ0v) is 11.0. The van der Waals surface area contributed by atoms with Crippen molar-refractivity contribution in [2.45, 2.75) is 46.2 Å². The molecule has 0 spiro atoms. The first-order chi connectivity index (χ1) is 8.42. The first-order valence-corrected chi connectivity index (χ1v) is 6.17. The van der Waals surface area contributed by atoms with E-state index in [9.17, 15) is 9.90 Å². The summed E-state index contributed by atoms with van der Waals surface area (Å²) in [5, 5.41) is 17.0. The van der Waals surface area contributed by atoms with Gasteiger partial charge in [0.1, 0.15) is 17.4 Å². The average Bonchev–Trinajstić information content (AvgIpc) is 2.62. The highest BCUT2D eigenvalue weighted by Gasteiger charge is 2.42. The van der Waals surface area contributed by atoms with Gasteiger partial charge in [-0.1, -0.05) is 24.2 Å². The molecule has 6 nitrogen and oxygen atoms in total. The maximum Gasteiger partial charge on any atom is 0.321 e. The van der Waals surface area contributed by atoms with Crippen LogP contribution in [0.3, 0.4) is 0 Å². The van der Waals surface area contributed by atoms with Crippen LogP contribution in [0.2, 0.25) is 0 Å². The number of nitrogens with zero attached hydrogens (tertiary/aromatic N) is 3. The third-order valence-corrected chi connectivity index (χ3v) is 3.70. The molecule has 0 bridgehead atoms. The molecule has 1 aliphatic rings. The van der Waals surface area contributed by atoms with Crippen molar-refractivity contribution in [3.05, 3.63) is 11.4 Å². The van der Waals surface area contributed by atoms with Gasteiger partial charge in [0.2, 0.25) is 0 Å². The molecule has 0 radical (unpaired) electrons. The number of piperidine rings is 1. The summed E-state index contributed by atoms with van der Waals surface area (Å²) in [6, 6.07) is -0.484. The second-order valence-corrected chi connectivity index (χ2v) is 5.60. The molecule has 18 heavy (non-hydrogen) atoms. The SMILES string of the molecule is Cc1nonc1CN1CCCC(C)(C)C1C(=O)O. The molecule has 0 aliphatic carbocycles. The number of likely N-dealkylation sites (tertiary alicyclic amines) is 1. The molecule has 1 saturated heterocycles. The first kappa shape index (κ1) is 13.0. The monoisotopic (exact) mass is 253 g/mol. The molecule has 1 unspecified atom stereocenters. The molecule has 6 heteroatoms. The molecule has 100 valence electrons. The van der Waals surface area contributed by atoms with E-state index in [1.807, 2.05) is 25.7 Å². The molecule has 1 atom stereocenters. The van der Waals surface area contributed by atoms with Crippen molar-refractivity contribution in [1.29, 1.82) is 0 Å². The van der Waals surface area contributed by atoms with Gasteiger partial charge in [-0.25, -0.2) is 4.63 Å². The number of aliphatic carboxylic acids is 1. The number of carbonyl (C=O) groups is 1. The van der Waals surface area contributed by atoms with Gasteiger partial charge >= 0.3 is 5.97 Å². The van der Waals surface area contributed by atoms with E-state index in [1.54, 1.807) is 0 Å². The van der Waals surface area contributed by atoms with Gasteiger partial charge in [-0.2, -0.15) is 0 Å². The van der Waals surface area contributed by atoms with Gasteiger partial charge < -0.3 is 5.11 Å². The summed E-state index contributed by atoms with van der Waals surface area (Å²) in [5.41, 5.74) is 1.22. The second kappa shape index (κ2) is 4.68. The zero-order chi connectivity index (χ0) is 13.3. The van der Waals surface area contributed by atoms with Crippen LogP contribution in [0.4, 0.5) is 0 Å². The van der Waals surface area contributed by atoms with Crippen molar-refractivity contribution >= 4 is 5.97 Å². The quantitative estimate of drug-likeness (QED) is 0.878. The van der Waals surface area contributed by atoms with Gasteiger partial charge in [-0.3, -0.25) is 9.69 Å². The molecular formula is C12H19N3O3. The van der Waals surface area contributed by atoms with Crippen LogP contribution in [0.5, 0.6) is 0 Å². The van der Waals surface area contributed by atoms with Crippen LogP contribution >= 0.6 is 0 Å². The summed E-state index contributed by atoms with van der Waals surface area (Å²) in [5.74, 6) is -0.770. The first-order valence-electron chi connectivity index (χ1n) is 6.17. The highest BCUT2D eigenvalue weighted by Crippen LogP contribution is 2.36. The molecule has 0 saturated carbocycles. The number of hydrogen-bond acceptors (Lipinski definition) is 5. The second-order valence-electron chi connectivity index (χ2n) is 5.60. The van der Waals surface area contributed by atoms with E-state index in [-0.39, 0.29) is 5.41 Å². The van der Waals surface area contributed by atoms with E-state index in [0.29, 0.717) is 6.54 Å². The number of hydrogen-bond donors (Lipinski definition) is 1. The lowest BCUT2D eigenvalue weighted by molar-refractivity contribution is -0.151. The maximum absolute atomic E-state index is 11.5. The zero-order valence-electron chi connectivity index (χ0n) is 11.0. The summed E-state index contributed by atoms with van der Waals surface area (Å²) in [6.07, 6.45) is 1.93. The smallest absolute Gasteiger partial charge is 0.321 e. The number of aromatic nitrogens is 2. The van der Waals surface area contributed by atoms with Crippen LogP contribution in [-0.4, -0.2) is 38.9 Å². The van der Waals surface area contributed by atoms with Gasteiger partial charge in [0.15, 0.2) is 0 Å². The minimum Gasteiger partial charge on any atom is -0.480 e. The maximum atomic E-state index is 11.5. The van der Waals surface area contributed by atoms with E-state index in [1.165, 1.54) is 0 Å². The summed E-state index contributed by atoms with van der Waals surface area (Å²) in [7, 11) is 0. The number of rotatable bonds is 3. The lowest BCUT2D eigenvalue weighted by atomic mass is 9.76. The number of aryl methyl sites for hydroxylation is 1. The highest BCUT2D eigenvalue weighted by molar-refractivity contribution is 5.74. The molecule has 1 aromatic rings. The fourth-order valence-corrected chi connectivity index (χ4v) is 2.74. The predicted octanol–water partition coefficient (Wildman–Crippen LogP) is 1.45. The Balaban J connectivity index is 2.20. The van der Waals surface area contributed by atoms with E-state index in [2.05, 4.69) is 14.9 Å². The van der Waals surface area contributed by atoms with Gasteiger partial charge in [0.05, 0.1) is 0 Å². The normalized spacial score (nSPS) is 24.1. The van der Waals surface area contributed by atoms with Crippen LogP contribution in [0.1, 0.15) is 38.1 Å². The standard InChI is InChI=1S/C12H19N3O3/c1-8-9(14-18-13-8)7-15-6-4-5-12(2,3)10(15)11(16)17/h10H,4-7H2,1-3H3,(H,16,17). The Morgan fingerprint density at radius 2 is 2.28 bits per heavy atom. The topological polar surface area (TPSA) is 79.5 Å².